The second-order valence-electron chi connectivity index (χ2n) is 15.4. The maximum Gasteiger partial charge on any atom is 0.221 e. The molecule has 0 radical (unpaired) electrons. The third-order valence-electron chi connectivity index (χ3n) is 13.3. The number of nitrogens with zero attached hydrogens (tertiary/aromatic N) is 1. The fraction of sp³-hybridized carbons (Fsp3) is 0.969. The number of hydrogen-bond acceptors (Lipinski definition) is 4. The zero-order valence-electron chi connectivity index (χ0n) is 24.7. The van der Waals surface area contributed by atoms with Crippen LogP contribution in [-0.4, -0.2) is 55.9 Å². The molecule has 0 aromatic heterocycles. The van der Waals surface area contributed by atoms with Crippen LogP contribution in [0.25, 0.3) is 0 Å². The van der Waals surface area contributed by atoms with E-state index in [1.807, 2.05) is 14.1 Å². The van der Waals surface area contributed by atoms with E-state index >= 15 is 0 Å². The van der Waals surface area contributed by atoms with E-state index in [1.54, 1.807) is 0 Å². The first-order valence-electron chi connectivity index (χ1n) is 15.9. The van der Waals surface area contributed by atoms with Gasteiger partial charge in [-0.3, -0.25) is 10.1 Å². The molecule has 5 heteroatoms. The zero-order valence-corrected chi connectivity index (χ0v) is 24.7. The maximum atomic E-state index is 12.5. The van der Waals surface area contributed by atoms with Crippen LogP contribution in [0.3, 0.4) is 0 Å². The van der Waals surface area contributed by atoms with Gasteiger partial charge in [-0.05, 0) is 125 Å². The first kappa shape index (κ1) is 26.6. The van der Waals surface area contributed by atoms with E-state index < -0.39 is 0 Å². The molecule has 6 fully saturated rings. The highest BCUT2D eigenvalue weighted by atomic mass is 16.5. The molecule has 0 aromatic carbocycles. The largest absolute Gasteiger partial charge is 0.357 e. The van der Waals surface area contributed by atoms with E-state index in [2.05, 4.69) is 43.2 Å². The van der Waals surface area contributed by atoms with Crippen LogP contribution in [0.4, 0.5) is 0 Å². The van der Waals surface area contributed by atoms with Gasteiger partial charge in [0, 0.05) is 31.5 Å². The minimum Gasteiger partial charge on any atom is -0.357 e. The summed E-state index contributed by atoms with van der Waals surface area (Å²) >= 11 is 0. The first-order chi connectivity index (χ1) is 17.6. The Morgan fingerprint density at radius 3 is 2.49 bits per heavy atom. The summed E-state index contributed by atoms with van der Waals surface area (Å²) in [4.78, 5) is 14.6. The topological polar surface area (TPSA) is 53.6 Å². The van der Waals surface area contributed by atoms with E-state index in [4.69, 9.17) is 4.74 Å². The summed E-state index contributed by atoms with van der Waals surface area (Å²) in [5, 5.41) is 7.33. The number of nitrogens with one attached hydrogen (secondary N) is 2. The summed E-state index contributed by atoms with van der Waals surface area (Å²) in [6, 6.07) is 0.389. The van der Waals surface area contributed by atoms with Gasteiger partial charge in [-0.1, -0.05) is 27.7 Å². The second kappa shape index (κ2) is 9.47. The number of hydrogen-bond donors (Lipinski definition) is 2. The number of carbonyl (C=O) groups excluding carboxylic acids is 1. The molecule has 4 aliphatic carbocycles. The lowest BCUT2D eigenvalue weighted by molar-refractivity contribution is -0.136. The van der Waals surface area contributed by atoms with Crippen molar-refractivity contribution in [2.75, 3.05) is 27.2 Å². The molecule has 5 nitrogen and oxygen atoms in total. The maximum absolute atomic E-state index is 12.5. The van der Waals surface area contributed by atoms with Crippen molar-refractivity contribution in [2.24, 2.45) is 52.3 Å². The lowest BCUT2D eigenvalue weighted by atomic mass is 9.44. The third kappa shape index (κ3) is 4.24. The molecule has 2 saturated heterocycles. The van der Waals surface area contributed by atoms with Crippen molar-refractivity contribution in [1.29, 1.82) is 0 Å². The van der Waals surface area contributed by atoms with Crippen molar-refractivity contribution >= 4 is 5.91 Å². The van der Waals surface area contributed by atoms with Gasteiger partial charge < -0.3 is 15.0 Å². The number of ether oxygens (including phenoxy) is 1. The van der Waals surface area contributed by atoms with Crippen LogP contribution < -0.4 is 10.6 Å². The van der Waals surface area contributed by atoms with Gasteiger partial charge in [-0.25, -0.2) is 0 Å². The van der Waals surface area contributed by atoms with Crippen LogP contribution >= 0.6 is 0 Å². The van der Waals surface area contributed by atoms with Gasteiger partial charge >= 0.3 is 0 Å². The summed E-state index contributed by atoms with van der Waals surface area (Å²) in [7, 11) is 4.09. The molecule has 2 aliphatic heterocycles. The van der Waals surface area contributed by atoms with Crippen LogP contribution in [0.2, 0.25) is 0 Å². The van der Waals surface area contributed by atoms with Gasteiger partial charge in [0.05, 0.1) is 6.10 Å². The fourth-order valence-corrected chi connectivity index (χ4v) is 11.2. The van der Waals surface area contributed by atoms with Crippen molar-refractivity contribution < 1.29 is 9.53 Å². The molecule has 1 amide bonds. The van der Waals surface area contributed by atoms with E-state index in [-0.39, 0.29) is 11.6 Å². The molecule has 12 atom stereocenters. The van der Waals surface area contributed by atoms with Crippen LogP contribution in [0.5, 0.6) is 0 Å². The van der Waals surface area contributed by atoms with Crippen LogP contribution in [0.1, 0.15) is 98.3 Å². The molecule has 2 N–H and O–H groups in total. The number of rotatable bonds is 4. The molecule has 0 aromatic rings. The molecule has 0 unspecified atom stereocenters. The van der Waals surface area contributed by atoms with E-state index in [1.165, 1.54) is 64.2 Å². The number of carbonyl (C=O) groups is 1. The molecule has 6 rings (SSSR count). The Morgan fingerprint density at radius 1 is 0.973 bits per heavy atom. The van der Waals surface area contributed by atoms with Crippen molar-refractivity contribution in [2.45, 2.75) is 116 Å². The Balaban J connectivity index is 1.13. The summed E-state index contributed by atoms with van der Waals surface area (Å²) < 4.78 is 7.07. The lowest BCUT2D eigenvalue weighted by Crippen LogP contribution is -2.58. The van der Waals surface area contributed by atoms with E-state index in [0.29, 0.717) is 35.3 Å². The number of fused-ring (bicyclic) bond motifs is 7. The standard InChI is InChI=1S/C32H55N3O2/c1-20-9-15-32(33-19-20)21(2)29-27(37-32)18-26-24-8-7-22-17-23(34-28(36)12-16-35(5)6)10-13-30(22,3)25(24)11-14-31(26,29)4/h20-27,29,33H,7-19H2,1-6H3,(H,34,36)/t20-,21+,22-,23-,24-,25+,26+,27+,29+,30+,31+,32-/m1/s1. The molecular formula is C32H55N3O2. The Bertz CT molecular complexity index is 868. The average Bonchev–Trinajstić information content (AvgIpc) is 3.30. The fourth-order valence-electron chi connectivity index (χ4n) is 11.2. The minimum atomic E-state index is -0.0499. The summed E-state index contributed by atoms with van der Waals surface area (Å²) in [5.41, 5.74) is 0.855. The molecular weight excluding hydrogens is 458 g/mol. The van der Waals surface area contributed by atoms with Gasteiger partial charge in [0.25, 0.3) is 0 Å². The van der Waals surface area contributed by atoms with Crippen molar-refractivity contribution in [3.63, 3.8) is 0 Å². The normalized spacial score (nSPS) is 52.9. The zero-order chi connectivity index (χ0) is 26.2. The average molecular weight is 514 g/mol. The van der Waals surface area contributed by atoms with Crippen molar-refractivity contribution in [1.82, 2.24) is 15.5 Å². The highest BCUT2D eigenvalue weighted by Crippen LogP contribution is 2.71. The molecule has 0 bridgehead atoms. The van der Waals surface area contributed by atoms with E-state index in [9.17, 15) is 4.79 Å². The monoisotopic (exact) mass is 513 g/mol. The van der Waals surface area contributed by atoms with E-state index in [0.717, 1.165) is 48.6 Å². The van der Waals surface area contributed by atoms with Crippen molar-refractivity contribution in [3.8, 4) is 0 Å². The Hall–Kier alpha value is -0.650. The summed E-state index contributed by atoms with van der Waals surface area (Å²) in [6.45, 7) is 12.2. The summed E-state index contributed by atoms with van der Waals surface area (Å²) in [5.74, 6) is 5.72. The molecule has 4 saturated carbocycles. The predicted octanol–water partition coefficient (Wildman–Crippen LogP) is 5.44. The second-order valence-corrected chi connectivity index (χ2v) is 15.4. The first-order valence-corrected chi connectivity index (χ1v) is 15.9. The summed E-state index contributed by atoms with van der Waals surface area (Å²) in [6.07, 6.45) is 14.1. The molecule has 1 spiro atoms. The smallest absolute Gasteiger partial charge is 0.221 e. The Kier molecular flexibility index (Phi) is 6.80. The molecule has 37 heavy (non-hydrogen) atoms. The molecule has 2 heterocycles. The number of piperidine rings is 1. The highest BCUT2D eigenvalue weighted by Gasteiger charge is 2.68. The van der Waals surface area contributed by atoms with Gasteiger partial charge in [0.2, 0.25) is 5.91 Å². The minimum absolute atomic E-state index is 0.0499. The van der Waals surface area contributed by atoms with Gasteiger partial charge in [0.15, 0.2) is 0 Å². The molecule has 6 aliphatic rings. The highest BCUT2D eigenvalue weighted by molar-refractivity contribution is 5.76. The van der Waals surface area contributed by atoms with Crippen molar-refractivity contribution in [3.05, 3.63) is 0 Å². The predicted molar refractivity (Wildman–Crippen MR) is 149 cm³/mol. The number of amides is 1. The SMILES string of the molecule is C[C@@H]1CC[C@@]2(NC1)O[C@H]1C[C@H]3[C@@H]4CC[C@@H]5C[C@H](NC(=O)CCN(C)C)CC[C@]5(C)[C@H]4CC[C@]3(C)[C@H]1[C@@H]2C. The molecule has 210 valence electrons. The Labute approximate surface area is 226 Å². The van der Waals surface area contributed by atoms with Crippen LogP contribution in [-0.2, 0) is 9.53 Å². The van der Waals surface area contributed by atoms with Gasteiger partial charge in [-0.2, -0.15) is 0 Å². The Morgan fingerprint density at radius 2 is 1.76 bits per heavy atom. The lowest BCUT2D eigenvalue weighted by Gasteiger charge is -2.61. The van der Waals surface area contributed by atoms with Gasteiger partial charge in [-0.15, -0.1) is 0 Å². The third-order valence-corrected chi connectivity index (χ3v) is 13.3. The van der Waals surface area contributed by atoms with Gasteiger partial charge in [0.1, 0.15) is 5.72 Å². The van der Waals surface area contributed by atoms with Crippen LogP contribution in [0, 0.1) is 52.3 Å². The quantitative estimate of drug-likeness (QED) is 0.525. The van der Waals surface area contributed by atoms with Crippen LogP contribution in [0.15, 0.2) is 0 Å².